The van der Waals surface area contributed by atoms with E-state index in [4.69, 9.17) is 9.47 Å². The van der Waals surface area contributed by atoms with Gasteiger partial charge in [-0.15, -0.1) is 0 Å². The molecule has 5 aromatic carbocycles. The Hall–Kier alpha value is -4.90. The molecule has 0 saturated carbocycles. The van der Waals surface area contributed by atoms with Gasteiger partial charge >= 0.3 is 0 Å². The number of hydrogen-bond donors (Lipinski definition) is 3. The molecule has 0 saturated heterocycles. The van der Waals surface area contributed by atoms with Crippen LogP contribution in [0, 0.1) is 0 Å². The molecule has 0 radical (unpaired) electrons. The van der Waals surface area contributed by atoms with E-state index >= 15 is 0 Å². The lowest BCUT2D eigenvalue weighted by Crippen LogP contribution is -2.02. The average Bonchev–Trinajstić information content (AvgIpc) is 2.97. The van der Waals surface area contributed by atoms with Crippen molar-refractivity contribution in [2.45, 2.75) is 5.92 Å². The Bertz CT molecular complexity index is 1290. The van der Waals surface area contributed by atoms with Gasteiger partial charge in [0.2, 0.25) is 0 Å². The van der Waals surface area contributed by atoms with E-state index in [0.717, 1.165) is 34.0 Å². The van der Waals surface area contributed by atoms with E-state index in [1.54, 1.807) is 38.5 Å². The number of anilines is 2. The number of phenols is 2. The van der Waals surface area contributed by atoms with Gasteiger partial charge in [-0.3, -0.25) is 0 Å². The molecular formula is C33H31NO4. The van der Waals surface area contributed by atoms with Gasteiger partial charge in [0.15, 0.2) is 0 Å². The largest absolute Gasteiger partial charge is 0.508 e. The fraction of sp³-hybridized carbons (Fsp3) is 0.0909. The van der Waals surface area contributed by atoms with Crippen LogP contribution in [-0.4, -0.2) is 24.4 Å². The summed E-state index contributed by atoms with van der Waals surface area (Å²) in [5, 5.41) is 22.3. The molecule has 5 aromatic rings. The van der Waals surface area contributed by atoms with E-state index in [0.29, 0.717) is 0 Å². The molecule has 5 rings (SSSR count). The Kier molecular flexibility index (Phi) is 8.87. The van der Waals surface area contributed by atoms with Gasteiger partial charge in [0, 0.05) is 17.3 Å². The van der Waals surface area contributed by atoms with E-state index in [1.807, 2.05) is 91.0 Å². The number of ether oxygens (including phenoxy) is 2. The second-order valence-corrected chi connectivity index (χ2v) is 8.61. The van der Waals surface area contributed by atoms with E-state index < -0.39 is 0 Å². The second-order valence-electron chi connectivity index (χ2n) is 8.61. The zero-order valence-corrected chi connectivity index (χ0v) is 21.4. The Morgan fingerprint density at radius 2 is 0.842 bits per heavy atom. The summed E-state index contributed by atoms with van der Waals surface area (Å²) in [6, 6.07) is 40.3. The number of benzene rings is 5. The molecule has 38 heavy (non-hydrogen) atoms. The number of hydrogen-bond acceptors (Lipinski definition) is 5. The van der Waals surface area contributed by atoms with Gasteiger partial charge in [0.1, 0.15) is 23.0 Å². The topological polar surface area (TPSA) is 71.0 Å². The minimum atomic E-state index is 0.0763. The molecule has 0 atom stereocenters. The summed E-state index contributed by atoms with van der Waals surface area (Å²) < 4.78 is 10.2. The van der Waals surface area contributed by atoms with Crippen LogP contribution in [0.2, 0.25) is 0 Å². The first-order valence-corrected chi connectivity index (χ1v) is 12.2. The maximum absolute atomic E-state index is 9.48. The highest BCUT2D eigenvalue weighted by Gasteiger charge is 2.16. The third kappa shape index (κ3) is 7.08. The minimum absolute atomic E-state index is 0.0763. The molecule has 0 bridgehead atoms. The molecule has 0 fully saturated rings. The zero-order valence-electron chi connectivity index (χ0n) is 21.4. The first-order chi connectivity index (χ1) is 18.6. The molecule has 0 aliphatic rings. The smallest absolute Gasteiger partial charge is 0.119 e. The van der Waals surface area contributed by atoms with E-state index in [2.05, 4.69) is 17.4 Å². The van der Waals surface area contributed by atoms with Gasteiger partial charge in [0.05, 0.1) is 14.2 Å². The van der Waals surface area contributed by atoms with Crippen molar-refractivity contribution >= 4 is 11.4 Å². The third-order valence-electron chi connectivity index (χ3n) is 6.05. The van der Waals surface area contributed by atoms with Crippen LogP contribution in [0.5, 0.6) is 23.0 Å². The van der Waals surface area contributed by atoms with Crippen LogP contribution in [-0.2, 0) is 0 Å². The Morgan fingerprint density at radius 1 is 0.474 bits per heavy atom. The zero-order chi connectivity index (χ0) is 26.7. The fourth-order valence-corrected chi connectivity index (χ4v) is 4.07. The van der Waals surface area contributed by atoms with Gasteiger partial charge < -0.3 is 25.0 Å². The monoisotopic (exact) mass is 505 g/mol. The number of methoxy groups -OCH3 is 2. The van der Waals surface area contributed by atoms with E-state index in [1.165, 1.54) is 5.56 Å². The van der Waals surface area contributed by atoms with Crippen LogP contribution in [0.3, 0.4) is 0 Å². The molecule has 0 aromatic heterocycles. The van der Waals surface area contributed by atoms with Gasteiger partial charge in [-0.1, -0.05) is 54.6 Å². The van der Waals surface area contributed by atoms with Crippen LogP contribution in [0.1, 0.15) is 22.6 Å². The van der Waals surface area contributed by atoms with Crippen molar-refractivity contribution in [1.82, 2.24) is 0 Å². The first-order valence-electron chi connectivity index (χ1n) is 12.2. The lowest BCUT2D eigenvalue weighted by atomic mass is 9.85. The van der Waals surface area contributed by atoms with Crippen LogP contribution in [0.25, 0.3) is 0 Å². The predicted octanol–water partition coefficient (Wildman–Crippen LogP) is 7.73. The lowest BCUT2D eigenvalue weighted by Gasteiger charge is -2.19. The Morgan fingerprint density at radius 3 is 1.21 bits per heavy atom. The summed E-state index contributed by atoms with van der Waals surface area (Å²) >= 11 is 0. The van der Waals surface area contributed by atoms with Gasteiger partial charge in [0.25, 0.3) is 0 Å². The van der Waals surface area contributed by atoms with E-state index in [9.17, 15) is 10.2 Å². The van der Waals surface area contributed by atoms with Gasteiger partial charge in [-0.25, -0.2) is 0 Å². The summed E-state index contributed by atoms with van der Waals surface area (Å²) in [5.41, 5.74) is 5.43. The van der Waals surface area contributed by atoms with Crippen molar-refractivity contribution in [3.63, 3.8) is 0 Å². The van der Waals surface area contributed by atoms with Crippen molar-refractivity contribution < 1.29 is 19.7 Å². The first kappa shape index (κ1) is 26.2. The molecule has 3 N–H and O–H groups in total. The van der Waals surface area contributed by atoms with Crippen molar-refractivity contribution in [3.05, 3.63) is 144 Å². The second kappa shape index (κ2) is 12.9. The third-order valence-corrected chi connectivity index (χ3v) is 6.05. The summed E-state index contributed by atoms with van der Waals surface area (Å²) in [7, 11) is 3.32. The minimum Gasteiger partial charge on any atom is -0.508 e. The highest BCUT2D eigenvalue weighted by atomic mass is 16.5. The molecule has 0 spiro atoms. The number of aromatic hydroxyl groups is 2. The van der Waals surface area contributed by atoms with Crippen molar-refractivity contribution in [2.75, 3.05) is 19.5 Å². The number of rotatable bonds is 7. The van der Waals surface area contributed by atoms with Crippen LogP contribution < -0.4 is 14.8 Å². The molecule has 192 valence electrons. The SMILES string of the molecule is COc1ccc(Nc2ccc(OC)cc2)cc1.Oc1ccc(C(c2ccccc2)c2ccc(O)cc2)cc1. The summed E-state index contributed by atoms with van der Waals surface area (Å²) in [5.74, 6) is 2.30. The number of phenolic OH excluding ortho intramolecular Hbond substituents is 2. The van der Waals surface area contributed by atoms with Crippen molar-refractivity contribution in [2.24, 2.45) is 0 Å². The summed E-state index contributed by atoms with van der Waals surface area (Å²) in [6.07, 6.45) is 0. The standard InChI is InChI=1S/C19H16O2.C14H15NO2/c20-17-10-6-15(7-11-17)19(14-4-2-1-3-5-14)16-8-12-18(21)13-9-16;1-16-13-7-3-11(4-8-13)15-12-5-9-14(17-2)10-6-12/h1-13,19-21H;3-10,15H,1-2H3. The van der Waals surface area contributed by atoms with Crippen molar-refractivity contribution in [1.29, 1.82) is 0 Å². The van der Waals surface area contributed by atoms with Gasteiger partial charge in [-0.2, -0.15) is 0 Å². The van der Waals surface area contributed by atoms with E-state index in [-0.39, 0.29) is 17.4 Å². The number of nitrogens with one attached hydrogen (secondary N) is 1. The molecule has 5 nitrogen and oxygen atoms in total. The maximum atomic E-state index is 9.48. The predicted molar refractivity (Wildman–Crippen MR) is 153 cm³/mol. The average molecular weight is 506 g/mol. The Balaban J connectivity index is 0.000000181. The molecule has 0 heterocycles. The highest BCUT2D eigenvalue weighted by Crippen LogP contribution is 2.33. The Labute approximate surface area is 223 Å². The van der Waals surface area contributed by atoms with Crippen LogP contribution >= 0.6 is 0 Å². The fourth-order valence-electron chi connectivity index (χ4n) is 4.07. The molecule has 0 aliphatic heterocycles. The molecule has 0 unspecified atom stereocenters. The molecule has 0 aliphatic carbocycles. The van der Waals surface area contributed by atoms with Crippen molar-refractivity contribution in [3.8, 4) is 23.0 Å². The summed E-state index contributed by atoms with van der Waals surface area (Å²) in [6.45, 7) is 0. The van der Waals surface area contributed by atoms with Crippen LogP contribution in [0.15, 0.2) is 127 Å². The maximum Gasteiger partial charge on any atom is 0.119 e. The van der Waals surface area contributed by atoms with Gasteiger partial charge in [-0.05, 0) is 89.5 Å². The highest BCUT2D eigenvalue weighted by molar-refractivity contribution is 5.61. The van der Waals surface area contributed by atoms with Crippen LogP contribution in [0.4, 0.5) is 11.4 Å². The molecular weight excluding hydrogens is 474 g/mol. The quantitative estimate of drug-likeness (QED) is 0.198. The normalized spacial score (nSPS) is 10.3. The molecule has 5 heteroatoms. The molecule has 0 amide bonds. The summed E-state index contributed by atoms with van der Waals surface area (Å²) in [4.78, 5) is 0. The lowest BCUT2D eigenvalue weighted by molar-refractivity contribution is 0.415.